The van der Waals surface area contributed by atoms with E-state index in [1.807, 2.05) is 0 Å². The van der Waals surface area contributed by atoms with Crippen molar-refractivity contribution in [1.82, 2.24) is 9.80 Å². The molecule has 1 N–H and O–H groups in total. The quantitative estimate of drug-likeness (QED) is 0.774. The van der Waals surface area contributed by atoms with E-state index in [0.29, 0.717) is 17.9 Å². The van der Waals surface area contributed by atoms with Gasteiger partial charge in [0.25, 0.3) is 0 Å². The highest BCUT2D eigenvalue weighted by atomic mass is 19.4. The highest BCUT2D eigenvalue weighted by Crippen LogP contribution is 2.26. The van der Waals surface area contributed by atoms with Gasteiger partial charge in [0, 0.05) is 26.1 Å². The third-order valence-electron chi connectivity index (χ3n) is 3.41. The summed E-state index contributed by atoms with van der Waals surface area (Å²) in [5, 5.41) is 9.33. The Morgan fingerprint density at radius 2 is 2.05 bits per heavy atom. The molecule has 2 amide bonds. The molecule has 2 atom stereocenters. The number of β-amino-alcohol motifs (C(OH)–C–C–N with tert-alkyl or cyclic N) is 1. The van der Waals surface area contributed by atoms with Gasteiger partial charge in [-0.2, -0.15) is 13.2 Å². The lowest BCUT2D eigenvalue weighted by Gasteiger charge is -2.21. The van der Waals surface area contributed by atoms with E-state index in [0.717, 1.165) is 0 Å². The largest absolute Gasteiger partial charge is 0.406 e. The topological polar surface area (TPSA) is 60.9 Å². The van der Waals surface area contributed by atoms with Crippen LogP contribution in [-0.4, -0.2) is 65.2 Å². The summed E-state index contributed by atoms with van der Waals surface area (Å²) < 4.78 is 36.7. The Bertz CT molecular complexity index is 386. The average molecular weight is 280 g/mol. The number of carbonyl (C=O) groups is 2. The van der Waals surface area contributed by atoms with Crippen LogP contribution in [0.4, 0.5) is 13.2 Å². The molecule has 0 aromatic rings. The van der Waals surface area contributed by atoms with E-state index in [1.165, 1.54) is 4.90 Å². The van der Waals surface area contributed by atoms with Gasteiger partial charge in [0.15, 0.2) is 0 Å². The Kier molecular flexibility index (Phi) is 3.71. The van der Waals surface area contributed by atoms with Gasteiger partial charge in [0.2, 0.25) is 11.8 Å². The smallest absolute Gasteiger partial charge is 0.391 e. The summed E-state index contributed by atoms with van der Waals surface area (Å²) in [6, 6.07) is 0. The lowest BCUT2D eigenvalue weighted by molar-refractivity contribution is -0.157. The molecular weight excluding hydrogens is 265 g/mol. The number of aliphatic hydroxyl groups excluding tert-OH is 1. The summed E-state index contributed by atoms with van der Waals surface area (Å²) in [6.45, 7) is -0.908. The second-order valence-corrected chi connectivity index (χ2v) is 5.02. The SMILES string of the molecule is O=C1CC(C(=O)N2CC[C@@H](O)C2)CN1CC(F)(F)F. The summed E-state index contributed by atoms with van der Waals surface area (Å²) in [5.74, 6) is -1.70. The fraction of sp³-hybridized carbons (Fsp3) is 0.818. The minimum absolute atomic E-state index is 0.179. The van der Waals surface area contributed by atoms with Gasteiger partial charge in [-0.3, -0.25) is 9.59 Å². The normalized spacial score (nSPS) is 28.3. The van der Waals surface area contributed by atoms with Crippen molar-refractivity contribution in [2.75, 3.05) is 26.2 Å². The number of carbonyl (C=O) groups excluding carboxylic acids is 2. The lowest BCUT2D eigenvalue weighted by atomic mass is 10.1. The molecule has 0 radical (unpaired) electrons. The summed E-state index contributed by atoms with van der Waals surface area (Å²) in [7, 11) is 0. The number of amides is 2. The number of nitrogens with zero attached hydrogens (tertiary/aromatic N) is 2. The summed E-state index contributed by atoms with van der Waals surface area (Å²) in [4.78, 5) is 25.5. The molecule has 0 aromatic carbocycles. The molecule has 0 spiro atoms. The summed E-state index contributed by atoms with van der Waals surface area (Å²) in [5.41, 5.74) is 0. The van der Waals surface area contributed by atoms with Gasteiger partial charge in [0.1, 0.15) is 6.54 Å². The molecule has 0 aliphatic carbocycles. The Labute approximate surface area is 108 Å². The Morgan fingerprint density at radius 1 is 1.37 bits per heavy atom. The van der Waals surface area contributed by atoms with E-state index in [9.17, 15) is 27.9 Å². The zero-order valence-electron chi connectivity index (χ0n) is 10.2. The Hall–Kier alpha value is -1.31. The number of hydrogen-bond acceptors (Lipinski definition) is 3. The van der Waals surface area contributed by atoms with Crippen LogP contribution < -0.4 is 0 Å². The molecule has 0 saturated carbocycles. The molecule has 2 rings (SSSR count). The molecule has 2 heterocycles. The van der Waals surface area contributed by atoms with Gasteiger partial charge in [0.05, 0.1) is 12.0 Å². The van der Waals surface area contributed by atoms with Crippen LogP contribution in [0.15, 0.2) is 0 Å². The van der Waals surface area contributed by atoms with Crippen LogP contribution in [-0.2, 0) is 9.59 Å². The molecule has 2 fully saturated rings. The average Bonchev–Trinajstić information content (AvgIpc) is 2.84. The molecule has 5 nitrogen and oxygen atoms in total. The monoisotopic (exact) mass is 280 g/mol. The highest BCUT2D eigenvalue weighted by Gasteiger charge is 2.42. The maximum Gasteiger partial charge on any atom is 0.406 e. The van der Waals surface area contributed by atoms with E-state index in [-0.39, 0.29) is 25.4 Å². The van der Waals surface area contributed by atoms with Crippen molar-refractivity contribution >= 4 is 11.8 Å². The molecule has 19 heavy (non-hydrogen) atoms. The third-order valence-corrected chi connectivity index (χ3v) is 3.41. The number of aliphatic hydroxyl groups is 1. The maximum atomic E-state index is 12.2. The summed E-state index contributed by atoms with van der Waals surface area (Å²) in [6.07, 6.45) is -4.73. The van der Waals surface area contributed by atoms with Gasteiger partial charge in [-0.1, -0.05) is 0 Å². The second kappa shape index (κ2) is 4.99. The fourth-order valence-corrected chi connectivity index (χ4v) is 2.51. The van der Waals surface area contributed by atoms with Gasteiger partial charge >= 0.3 is 6.18 Å². The first kappa shape index (κ1) is 14.1. The fourth-order valence-electron chi connectivity index (χ4n) is 2.51. The first-order valence-corrected chi connectivity index (χ1v) is 6.07. The van der Waals surface area contributed by atoms with Crippen LogP contribution in [0.5, 0.6) is 0 Å². The number of rotatable bonds is 2. The Balaban J connectivity index is 1.93. The molecule has 1 unspecified atom stereocenters. The summed E-state index contributed by atoms with van der Waals surface area (Å²) >= 11 is 0. The van der Waals surface area contributed by atoms with Crippen LogP contribution in [0.1, 0.15) is 12.8 Å². The van der Waals surface area contributed by atoms with Crippen molar-refractivity contribution in [3.63, 3.8) is 0 Å². The van der Waals surface area contributed by atoms with Gasteiger partial charge in [-0.05, 0) is 6.42 Å². The zero-order valence-corrected chi connectivity index (χ0v) is 10.2. The molecule has 0 bridgehead atoms. The van der Waals surface area contributed by atoms with E-state index in [4.69, 9.17) is 0 Å². The van der Waals surface area contributed by atoms with Crippen LogP contribution >= 0.6 is 0 Å². The van der Waals surface area contributed by atoms with Gasteiger partial charge < -0.3 is 14.9 Å². The molecule has 0 aromatic heterocycles. The first-order chi connectivity index (χ1) is 8.76. The number of alkyl halides is 3. The van der Waals surface area contributed by atoms with E-state index < -0.39 is 30.7 Å². The molecule has 108 valence electrons. The lowest BCUT2D eigenvalue weighted by Crippen LogP contribution is -2.38. The first-order valence-electron chi connectivity index (χ1n) is 6.07. The third kappa shape index (κ3) is 3.37. The van der Waals surface area contributed by atoms with Crippen molar-refractivity contribution < 1.29 is 27.9 Å². The predicted octanol–water partition coefficient (Wildman–Crippen LogP) is -0.00960. The highest BCUT2D eigenvalue weighted by molar-refractivity contribution is 5.89. The van der Waals surface area contributed by atoms with Crippen molar-refractivity contribution in [2.45, 2.75) is 25.1 Å². The molecule has 2 aliphatic rings. The minimum Gasteiger partial charge on any atom is -0.391 e. The van der Waals surface area contributed by atoms with Gasteiger partial charge in [-0.25, -0.2) is 0 Å². The van der Waals surface area contributed by atoms with Crippen LogP contribution in [0.25, 0.3) is 0 Å². The van der Waals surface area contributed by atoms with Crippen molar-refractivity contribution in [1.29, 1.82) is 0 Å². The predicted molar refractivity (Wildman–Crippen MR) is 57.9 cm³/mol. The van der Waals surface area contributed by atoms with Crippen LogP contribution in [0, 0.1) is 5.92 Å². The van der Waals surface area contributed by atoms with E-state index in [2.05, 4.69) is 0 Å². The van der Waals surface area contributed by atoms with Crippen molar-refractivity contribution in [3.8, 4) is 0 Å². The molecule has 2 aliphatic heterocycles. The molecule has 2 saturated heterocycles. The maximum absolute atomic E-state index is 12.2. The minimum atomic E-state index is -4.45. The van der Waals surface area contributed by atoms with E-state index in [1.54, 1.807) is 0 Å². The van der Waals surface area contributed by atoms with Crippen molar-refractivity contribution in [3.05, 3.63) is 0 Å². The van der Waals surface area contributed by atoms with Crippen LogP contribution in [0.3, 0.4) is 0 Å². The number of halogens is 3. The Morgan fingerprint density at radius 3 is 2.58 bits per heavy atom. The number of hydrogen-bond donors (Lipinski definition) is 1. The molecular formula is C11H15F3N2O3. The second-order valence-electron chi connectivity index (χ2n) is 5.02. The van der Waals surface area contributed by atoms with Gasteiger partial charge in [-0.15, -0.1) is 0 Å². The van der Waals surface area contributed by atoms with Crippen LogP contribution in [0.2, 0.25) is 0 Å². The number of likely N-dealkylation sites (tertiary alicyclic amines) is 2. The van der Waals surface area contributed by atoms with E-state index >= 15 is 0 Å². The standard InChI is InChI=1S/C11H15F3N2O3/c12-11(13,14)6-16-4-7(3-9(16)18)10(19)15-2-1-8(17)5-15/h7-8,17H,1-6H2/t7?,8-/m1/s1. The molecule has 8 heteroatoms. The zero-order chi connectivity index (χ0) is 14.2. The van der Waals surface area contributed by atoms with Crippen molar-refractivity contribution in [2.24, 2.45) is 5.92 Å².